The average Bonchev–Trinajstić information content (AvgIpc) is 3.58. The molecule has 2 heterocycles. The van der Waals surface area contributed by atoms with E-state index in [-0.39, 0.29) is 11.3 Å². The Kier molecular flexibility index (Phi) is 7.81. The fourth-order valence-corrected chi connectivity index (χ4v) is 6.03. The van der Waals surface area contributed by atoms with Gasteiger partial charge >= 0.3 is 5.91 Å². The average molecular weight is 593 g/mol. The molecule has 0 spiro atoms. The predicted octanol–water partition coefficient (Wildman–Crippen LogP) is 6.91. The molecule has 0 aliphatic carbocycles. The van der Waals surface area contributed by atoms with Gasteiger partial charge in [0.25, 0.3) is 5.78 Å². The maximum absolute atomic E-state index is 13.7. The molecule has 4 aromatic carbocycles. The van der Waals surface area contributed by atoms with Gasteiger partial charge in [-0.15, -0.1) is 0 Å². The largest absolute Gasteiger partial charge is 0.507 e. The number of hydrogen-bond donors (Lipinski definition) is 1. The molecule has 1 unspecified atom stereocenters. The van der Waals surface area contributed by atoms with Crippen molar-refractivity contribution < 1.29 is 28.9 Å². The fourth-order valence-electron chi connectivity index (χ4n) is 5.01. The third kappa shape index (κ3) is 5.54. The molecule has 216 valence electrons. The Hall–Kier alpha value is -5.15. The van der Waals surface area contributed by atoms with Gasteiger partial charge in [-0.05, 0) is 60.5 Å². The van der Waals surface area contributed by atoms with Crippen LogP contribution in [0.5, 0.6) is 17.2 Å². The minimum absolute atomic E-state index is 0.0366. The van der Waals surface area contributed by atoms with Crippen LogP contribution in [-0.2, 0) is 16.2 Å². The fraction of sp³-hybridized carbons (Fsp3) is 0.147. The number of carbonyl (C=O) groups is 2. The van der Waals surface area contributed by atoms with Crippen molar-refractivity contribution in [2.75, 3.05) is 18.6 Å². The molecular weight excluding hydrogens is 564 g/mol. The number of nitrogens with zero attached hydrogens (tertiary/aromatic N) is 2. The van der Waals surface area contributed by atoms with Gasteiger partial charge in [0.2, 0.25) is 0 Å². The summed E-state index contributed by atoms with van der Waals surface area (Å²) in [5.74, 6) is -0.0550. The molecule has 0 saturated carbocycles. The van der Waals surface area contributed by atoms with E-state index in [1.165, 1.54) is 23.3 Å². The van der Waals surface area contributed by atoms with E-state index in [0.29, 0.717) is 52.2 Å². The molecule has 8 nitrogen and oxygen atoms in total. The summed E-state index contributed by atoms with van der Waals surface area (Å²) in [7, 11) is 1.52. The number of rotatable bonds is 9. The highest BCUT2D eigenvalue weighted by Crippen LogP contribution is 2.45. The Morgan fingerprint density at radius 1 is 0.884 bits per heavy atom. The van der Waals surface area contributed by atoms with E-state index in [4.69, 9.17) is 19.2 Å². The molecule has 1 atom stereocenters. The first-order valence-electron chi connectivity index (χ1n) is 13.7. The lowest BCUT2D eigenvalue weighted by Gasteiger charge is -2.23. The molecule has 1 aromatic heterocycles. The van der Waals surface area contributed by atoms with Crippen LogP contribution >= 0.6 is 11.3 Å². The third-order valence-electron chi connectivity index (χ3n) is 7.10. The Balaban J connectivity index is 1.43. The topological polar surface area (TPSA) is 98.2 Å². The third-order valence-corrected chi connectivity index (χ3v) is 8.11. The van der Waals surface area contributed by atoms with E-state index in [2.05, 4.69) is 0 Å². The van der Waals surface area contributed by atoms with Gasteiger partial charge in [0, 0.05) is 5.56 Å². The zero-order chi connectivity index (χ0) is 29.9. The van der Waals surface area contributed by atoms with E-state index < -0.39 is 17.7 Å². The Morgan fingerprint density at radius 3 is 2.40 bits per heavy atom. The van der Waals surface area contributed by atoms with Gasteiger partial charge in [-0.2, -0.15) is 0 Å². The van der Waals surface area contributed by atoms with Gasteiger partial charge in [-0.25, -0.2) is 4.98 Å². The van der Waals surface area contributed by atoms with Gasteiger partial charge in [-0.3, -0.25) is 14.5 Å². The van der Waals surface area contributed by atoms with Crippen LogP contribution in [0.3, 0.4) is 0 Å². The molecule has 0 radical (unpaired) electrons. The lowest BCUT2D eigenvalue weighted by atomic mass is 9.95. The van der Waals surface area contributed by atoms with Crippen molar-refractivity contribution >= 4 is 44.1 Å². The normalized spacial score (nSPS) is 16.0. The lowest BCUT2D eigenvalue weighted by molar-refractivity contribution is -0.132. The first kappa shape index (κ1) is 28.0. The Labute approximate surface area is 252 Å². The number of amides is 1. The summed E-state index contributed by atoms with van der Waals surface area (Å²) in [5.41, 5.74) is 2.63. The zero-order valence-electron chi connectivity index (χ0n) is 23.5. The molecule has 1 fully saturated rings. The highest BCUT2D eigenvalue weighted by molar-refractivity contribution is 7.22. The lowest BCUT2D eigenvalue weighted by Crippen LogP contribution is -2.29. The minimum atomic E-state index is -0.929. The van der Waals surface area contributed by atoms with Crippen LogP contribution in [0.25, 0.3) is 16.0 Å². The molecule has 43 heavy (non-hydrogen) atoms. The molecular formula is C34H28N2O6S. The number of ketones is 1. The highest BCUT2D eigenvalue weighted by Gasteiger charge is 2.48. The van der Waals surface area contributed by atoms with Gasteiger partial charge in [0.15, 0.2) is 5.13 Å². The summed E-state index contributed by atoms with van der Waals surface area (Å²) < 4.78 is 17.7. The quantitative estimate of drug-likeness (QED) is 0.113. The second kappa shape index (κ2) is 12.0. The van der Waals surface area contributed by atoms with Crippen molar-refractivity contribution in [2.24, 2.45) is 0 Å². The van der Waals surface area contributed by atoms with Crippen LogP contribution in [-0.4, -0.2) is 35.5 Å². The number of aliphatic hydroxyl groups is 1. The van der Waals surface area contributed by atoms with E-state index in [1.54, 1.807) is 48.5 Å². The molecule has 5 aromatic rings. The second-order valence-corrected chi connectivity index (χ2v) is 10.8. The summed E-state index contributed by atoms with van der Waals surface area (Å²) in [6, 6.07) is 28.3. The minimum Gasteiger partial charge on any atom is -0.507 e. The van der Waals surface area contributed by atoms with Crippen molar-refractivity contribution in [1.29, 1.82) is 0 Å². The van der Waals surface area contributed by atoms with E-state index >= 15 is 0 Å². The van der Waals surface area contributed by atoms with Gasteiger partial charge in [-0.1, -0.05) is 65.9 Å². The first-order chi connectivity index (χ1) is 21.0. The second-order valence-electron chi connectivity index (χ2n) is 9.80. The van der Waals surface area contributed by atoms with Crippen molar-refractivity contribution in [3.8, 4) is 17.2 Å². The standard InChI is InChI=1S/C34H28N2O6S/c1-3-41-26-16-17-27-28(19-26)43-34(35-27)36-30(22-12-14-24(15-13-22)42-20-21-8-5-4-6-9-21)29(32(38)33(36)39)31(37)23-10-7-11-25(18-23)40-2/h4-19,30,37H,3,20H2,1-2H3. The molecule has 0 bridgehead atoms. The predicted molar refractivity (Wildman–Crippen MR) is 166 cm³/mol. The van der Waals surface area contributed by atoms with Gasteiger partial charge in [0.1, 0.15) is 29.6 Å². The number of Topliss-reactive ketones (excluding diaryl/α,β-unsaturated/α-hetero) is 1. The number of benzene rings is 4. The Morgan fingerprint density at radius 2 is 1.65 bits per heavy atom. The molecule has 9 heteroatoms. The van der Waals surface area contributed by atoms with Crippen LogP contribution in [0, 0.1) is 0 Å². The van der Waals surface area contributed by atoms with Crippen LogP contribution in [0.4, 0.5) is 5.13 Å². The number of methoxy groups -OCH3 is 1. The summed E-state index contributed by atoms with van der Waals surface area (Å²) >= 11 is 1.28. The van der Waals surface area contributed by atoms with Crippen molar-refractivity contribution in [3.63, 3.8) is 0 Å². The first-order valence-corrected chi connectivity index (χ1v) is 14.5. The molecule has 1 amide bonds. The molecule has 1 N–H and O–H groups in total. The smallest absolute Gasteiger partial charge is 0.301 e. The zero-order valence-corrected chi connectivity index (χ0v) is 24.3. The number of ether oxygens (including phenoxy) is 3. The van der Waals surface area contributed by atoms with Crippen LogP contribution < -0.4 is 19.1 Å². The van der Waals surface area contributed by atoms with Crippen LogP contribution in [0.2, 0.25) is 0 Å². The number of fused-ring (bicyclic) bond motifs is 1. The number of thiazole rings is 1. The van der Waals surface area contributed by atoms with Crippen LogP contribution in [0.15, 0.2) is 103 Å². The van der Waals surface area contributed by atoms with Gasteiger partial charge < -0.3 is 19.3 Å². The van der Waals surface area contributed by atoms with Crippen molar-refractivity contribution in [2.45, 2.75) is 19.6 Å². The summed E-state index contributed by atoms with van der Waals surface area (Å²) in [6.45, 7) is 2.81. The Bertz CT molecular complexity index is 1830. The number of aliphatic hydroxyl groups excluding tert-OH is 1. The van der Waals surface area contributed by atoms with Crippen LogP contribution in [0.1, 0.15) is 29.7 Å². The number of anilines is 1. The maximum Gasteiger partial charge on any atom is 0.301 e. The van der Waals surface area contributed by atoms with Crippen molar-refractivity contribution in [1.82, 2.24) is 4.98 Å². The molecule has 1 aliphatic heterocycles. The monoisotopic (exact) mass is 592 g/mol. The van der Waals surface area contributed by atoms with E-state index in [0.717, 1.165) is 10.3 Å². The van der Waals surface area contributed by atoms with Gasteiger partial charge in [0.05, 0.1) is 35.5 Å². The summed E-state index contributed by atoms with van der Waals surface area (Å²) in [4.78, 5) is 33.3. The number of aromatic nitrogens is 1. The maximum atomic E-state index is 13.7. The summed E-state index contributed by atoms with van der Waals surface area (Å²) in [5, 5.41) is 11.8. The number of carbonyl (C=O) groups excluding carboxylic acids is 2. The molecule has 6 rings (SSSR count). The SMILES string of the molecule is CCOc1ccc2nc(N3C(=O)C(=O)C(=C(O)c4cccc(OC)c4)C3c3ccc(OCc4ccccc4)cc3)sc2c1. The molecule has 1 aliphatic rings. The van der Waals surface area contributed by atoms with E-state index in [1.807, 2.05) is 55.5 Å². The van der Waals surface area contributed by atoms with E-state index in [9.17, 15) is 14.7 Å². The number of hydrogen-bond acceptors (Lipinski definition) is 8. The summed E-state index contributed by atoms with van der Waals surface area (Å²) in [6.07, 6.45) is 0. The van der Waals surface area contributed by atoms with Crippen molar-refractivity contribution in [3.05, 3.63) is 119 Å². The molecule has 1 saturated heterocycles. The highest BCUT2D eigenvalue weighted by atomic mass is 32.1.